The molecular weight excluding hydrogens is 360 g/mol. The Morgan fingerprint density at radius 2 is 1.52 bits per heavy atom. The lowest BCUT2D eigenvalue weighted by molar-refractivity contribution is 0.0877. The molecule has 144 valence electrons. The van der Waals surface area contributed by atoms with Gasteiger partial charge < -0.3 is 4.74 Å². The summed E-state index contributed by atoms with van der Waals surface area (Å²) in [6, 6.07) is 9.12. The topological polar surface area (TPSA) is 9.23 Å². The first-order chi connectivity index (χ1) is 11.6. The minimum Gasteiger partial charge on any atom is -0.366 e. The van der Waals surface area contributed by atoms with E-state index >= 15 is 0 Å². The highest BCUT2D eigenvalue weighted by atomic mass is 33.1. The summed E-state index contributed by atoms with van der Waals surface area (Å²) in [5.41, 5.74) is 2.36. The molecule has 0 aliphatic heterocycles. The Morgan fingerprint density at radius 3 is 2.00 bits per heavy atom. The molecule has 0 N–H and O–H groups in total. The molecule has 0 radical (unpaired) electrons. The summed E-state index contributed by atoms with van der Waals surface area (Å²) in [5, 5.41) is 0. The van der Waals surface area contributed by atoms with E-state index in [1.165, 1.54) is 23.3 Å². The van der Waals surface area contributed by atoms with Gasteiger partial charge in [0.2, 0.25) is 0 Å². The van der Waals surface area contributed by atoms with Crippen LogP contribution in [-0.2, 0) is 11.2 Å². The maximum absolute atomic E-state index is 6.28. The predicted molar refractivity (Wildman–Crippen MR) is 120 cm³/mol. The zero-order chi connectivity index (χ0) is 19.0. The Kier molecular flexibility index (Phi) is 10.2. The summed E-state index contributed by atoms with van der Waals surface area (Å²) in [6.45, 7) is 19.6. The largest absolute Gasteiger partial charge is 0.366 e. The van der Waals surface area contributed by atoms with Gasteiger partial charge in [-0.25, -0.2) is 0 Å². The highest BCUT2D eigenvalue weighted by Gasteiger charge is 2.31. The van der Waals surface area contributed by atoms with Crippen LogP contribution in [0.4, 0.5) is 0 Å². The van der Waals surface area contributed by atoms with Crippen LogP contribution in [0, 0.1) is 11.8 Å². The van der Waals surface area contributed by atoms with E-state index in [4.69, 9.17) is 4.74 Å². The van der Waals surface area contributed by atoms with Crippen LogP contribution in [0.15, 0.2) is 29.2 Å². The van der Waals surface area contributed by atoms with E-state index in [2.05, 4.69) is 78.5 Å². The minimum atomic E-state index is -1.22. The molecule has 0 aliphatic carbocycles. The lowest BCUT2D eigenvalue weighted by atomic mass is 10.0. The van der Waals surface area contributed by atoms with E-state index in [1.807, 2.05) is 21.6 Å². The first-order valence-corrected chi connectivity index (χ1v) is 15.4. The van der Waals surface area contributed by atoms with Crippen molar-refractivity contribution in [1.82, 2.24) is 0 Å². The smallest absolute Gasteiger partial charge is 0.113 e. The molecule has 2 atom stereocenters. The van der Waals surface area contributed by atoms with Gasteiger partial charge in [-0.05, 0) is 47.9 Å². The van der Waals surface area contributed by atoms with Gasteiger partial charge in [-0.1, -0.05) is 88.0 Å². The van der Waals surface area contributed by atoms with Gasteiger partial charge in [-0.2, -0.15) is 0 Å². The Labute approximate surface area is 165 Å². The first-order valence-electron chi connectivity index (χ1n) is 9.63. The molecule has 4 heteroatoms. The number of benzene rings is 1. The lowest BCUT2D eigenvalue weighted by Crippen LogP contribution is -2.34. The fourth-order valence-corrected chi connectivity index (χ4v) is 7.23. The molecule has 1 aromatic rings. The number of rotatable bonds is 11. The van der Waals surface area contributed by atoms with Crippen molar-refractivity contribution in [1.29, 1.82) is 0 Å². The summed E-state index contributed by atoms with van der Waals surface area (Å²) < 4.78 is 6.28. The molecular formula is C21H38OS2Si. The molecule has 0 fully saturated rings. The van der Waals surface area contributed by atoms with Gasteiger partial charge in [0.15, 0.2) is 0 Å². The molecule has 1 aromatic carbocycles. The molecule has 0 aliphatic rings. The SMILES string of the molecule is CC(C)CCc1ccc(SSC(OCC(C)C)C(C)[Si](C)(C)C)cc1. The lowest BCUT2D eigenvalue weighted by Gasteiger charge is -2.32. The van der Waals surface area contributed by atoms with Gasteiger partial charge in [-0.15, -0.1) is 0 Å². The van der Waals surface area contributed by atoms with E-state index in [-0.39, 0.29) is 5.44 Å². The number of ether oxygens (including phenoxy) is 1. The Morgan fingerprint density at radius 1 is 0.920 bits per heavy atom. The van der Waals surface area contributed by atoms with E-state index in [0.29, 0.717) is 11.5 Å². The first kappa shape index (κ1) is 23.1. The zero-order valence-electron chi connectivity index (χ0n) is 17.5. The summed E-state index contributed by atoms with van der Waals surface area (Å²) >= 11 is 0. The van der Waals surface area contributed by atoms with E-state index in [0.717, 1.165) is 12.5 Å². The van der Waals surface area contributed by atoms with Crippen LogP contribution in [0.2, 0.25) is 25.2 Å². The Balaban J connectivity index is 2.62. The van der Waals surface area contributed by atoms with Gasteiger partial charge in [0, 0.05) is 4.90 Å². The Bertz CT molecular complexity index is 480. The molecule has 0 bridgehead atoms. The number of hydrogen-bond acceptors (Lipinski definition) is 3. The molecule has 2 unspecified atom stereocenters. The van der Waals surface area contributed by atoms with Crippen LogP contribution < -0.4 is 0 Å². The molecule has 0 aromatic heterocycles. The van der Waals surface area contributed by atoms with Crippen LogP contribution in [0.3, 0.4) is 0 Å². The van der Waals surface area contributed by atoms with Crippen molar-refractivity contribution in [3.63, 3.8) is 0 Å². The fraction of sp³-hybridized carbons (Fsp3) is 0.714. The van der Waals surface area contributed by atoms with Crippen molar-refractivity contribution in [3.8, 4) is 0 Å². The standard InChI is InChI=1S/C21H38OS2Si/c1-16(2)9-10-19-11-13-20(14-12-19)23-24-21(22-15-17(3)4)18(5)25(6,7)8/h11-14,16-18,21H,9-10,15H2,1-8H3. The van der Waals surface area contributed by atoms with Gasteiger partial charge in [0.25, 0.3) is 0 Å². The summed E-state index contributed by atoms with van der Waals surface area (Å²) in [6.07, 6.45) is 2.45. The summed E-state index contributed by atoms with van der Waals surface area (Å²) in [7, 11) is 2.55. The van der Waals surface area contributed by atoms with Crippen molar-refractivity contribution >= 4 is 29.7 Å². The second-order valence-corrected chi connectivity index (χ2v) is 17.0. The van der Waals surface area contributed by atoms with Crippen molar-refractivity contribution in [2.75, 3.05) is 6.61 Å². The van der Waals surface area contributed by atoms with Crippen LogP contribution in [0.5, 0.6) is 0 Å². The molecule has 1 nitrogen and oxygen atoms in total. The normalized spacial score (nSPS) is 15.0. The number of aryl methyl sites for hydroxylation is 1. The highest BCUT2D eigenvalue weighted by Crippen LogP contribution is 2.43. The van der Waals surface area contributed by atoms with E-state index in [9.17, 15) is 0 Å². The average Bonchev–Trinajstić information content (AvgIpc) is 2.52. The second kappa shape index (κ2) is 11.1. The van der Waals surface area contributed by atoms with Crippen molar-refractivity contribution in [2.45, 2.75) is 83.0 Å². The van der Waals surface area contributed by atoms with Gasteiger partial charge in [0.05, 0.1) is 14.7 Å². The minimum absolute atomic E-state index is 0.277. The van der Waals surface area contributed by atoms with Crippen molar-refractivity contribution in [2.24, 2.45) is 11.8 Å². The maximum Gasteiger partial charge on any atom is 0.113 e. The van der Waals surface area contributed by atoms with Gasteiger partial charge in [-0.3, -0.25) is 0 Å². The monoisotopic (exact) mass is 398 g/mol. The molecule has 0 amide bonds. The quantitative estimate of drug-likeness (QED) is 0.214. The van der Waals surface area contributed by atoms with Crippen LogP contribution in [0.25, 0.3) is 0 Å². The maximum atomic E-state index is 6.28. The molecule has 0 saturated carbocycles. The van der Waals surface area contributed by atoms with E-state index < -0.39 is 8.07 Å². The molecule has 0 heterocycles. The molecule has 0 saturated heterocycles. The molecule has 0 spiro atoms. The zero-order valence-corrected chi connectivity index (χ0v) is 20.1. The fourth-order valence-electron chi connectivity index (χ4n) is 2.22. The summed E-state index contributed by atoms with van der Waals surface area (Å²) in [5.74, 6) is 1.36. The molecule has 1 rings (SSSR count). The Hall–Kier alpha value is 0.0969. The third kappa shape index (κ3) is 9.55. The van der Waals surface area contributed by atoms with Crippen LogP contribution in [0.1, 0.15) is 46.6 Å². The molecule has 25 heavy (non-hydrogen) atoms. The average molecular weight is 399 g/mol. The summed E-state index contributed by atoms with van der Waals surface area (Å²) in [4.78, 5) is 1.33. The van der Waals surface area contributed by atoms with E-state index in [1.54, 1.807) is 0 Å². The van der Waals surface area contributed by atoms with Gasteiger partial charge >= 0.3 is 0 Å². The van der Waals surface area contributed by atoms with Crippen LogP contribution in [-0.4, -0.2) is 20.1 Å². The third-order valence-corrected chi connectivity index (χ3v) is 10.5. The van der Waals surface area contributed by atoms with Crippen LogP contribution >= 0.6 is 21.6 Å². The number of hydrogen-bond donors (Lipinski definition) is 0. The highest BCUT2D eigenvalue weighted by molar-refractivity contribution is 8.76. The van der Waals surface area contributed by atoms with Crippen molar-refractivity contribution < 1.29 is 4.74 Å². The predicted octanol–water partition coefficient (Wildman–Crippen LogP) is 7.74. The van der Waals surface area contributed by atoms with Gasteiger partial charge in [0.1, 0.15) is 5.44 Å². The third-order valence-electron chi connectivity index (χ3n) is 4.54. The second-order valence-electron chi connectivity index (χ2n) is 9.01. The van der Waals surface area contributed by atoms with Crippen molar-refractivity contribution in [3.05, 3.63) is 29.8 Å².